The lowest BCUT2D eigenvalue weighted by Crippen LogP contribution is -2.29. The lowest BCUT2D eigenvalue weighted by molar-refractivity contribution is -0.122. The van der Waals surface area contributed by atoms with Gasteiger partial charge in [0.1, 0.15) is 10.1 Å². The predicted molar refractivity (Wildman–Crippen MR) is 117 cm³/mol. The molecule has 30 heavy (non-hydrogen) atoms. The van der Waals surface area contributed by atoms with E-state index in [9.17, 15) is 14.4 Å². The van der Waals surface area contributed by atoms with Gasteiger partial charge in [-0.25, -0.2) is 4.79 Å². The number of amides is 2. The first-order valence-corrected chi connectivity index (χ1v) is 10.3. The van der Waals surface area contributed by atoms with E-state index in [1.165, 1.54) is 23.8 Å². The zero-order valence-electron chi connectivity index (χ0n) is 16.3. The van der Waals surface area contributed by atoms with Crippen molar-refractivity contribution >= 4 is 58.0 Å². The van der Waals surface area contributed by atoms with Crippen LogP contribution in [0.2, 0.25) is 0 Å². The minimum absolute atomic E-state index is 0.199. The lowest BCUT2D eigenvalue weighted by atomic mass is 10.1. The minimum Gasteiger partial charge on any atom is -0.465 e. The topological polar surface area (TPSA) is 102 Å². The Morgan fingerprint density at radius 2 is 2.07 bits per heavy atom. The second-order valence-corrected chi connectivity index (χ2v) is 8.10. The SMILES string of the molecule is COC(=O)c1ccc(/C=C2\SC(=S)N(CCCC(=O)Nc3cc(C)on3)C2=O)cc1. The molecule has 156 valence electrons. The number of hydrogen-bond donors (Lipinski definition) is 1. The van der Waals surface area contributed by atoms with Gasteiger partial charge in [0.2, 0.25) is 5.91 Å². The fraction of sp³-hybridized carbons (Fsp3) is 0.250. The van der Waals surface area contributed by atoms with E-state index in [0.29, 0.717) is 39.3 Å². The van der Waals surface area contributed by atoms with Crippen LogP contribution in [-0.4, -0.2) is 45.8 Å². The van der Waals surface area contributed by atoms with Crippen LogP contribution in [0.5, 0.6) is 0 Å². The number of aromatic nitrogens is 1. The molecule has 10 heteroatoms. The molecule has 0 aliphatic carbocycles. The minimum atomic E-state index is -0.421. The summed E-state index contributed by atoms with van der Waals surface area (Å²) in [5.41, 5.74) is 1.20. The van der Waals surface area contributed by atoms with Crippen molar-refractivity contribution in [3.05, 3.63) is 52.1 Å². The molecule has 1 aromatic heterocycles. The van der Waals surface area contributed by atoms with Crippen LogP contribution in [-0.2, 0) is 14.3 Å². The van der Waals surface area contributed by atoms with E-state index in [4.69, 9.17) is 16.7 Å². The Balaban J connectivity index is 1.54. The molecule has 3 rings (SSSR count). The molecule has 8 nitrogen and oxygen atoms in total. The number of thiocarbonyl (C=S) groups is 1. The number of nitrogens with zero attached hydrogens (tertiary/aromatic N) is 2. The van der Waals surface area contributed by atoms with E-state index in [2.05, 4.69) is 15.2 Å². The summed E-state index contributed by atoms with van der Waals surface area (Å²) in [6.45, 7) is 2.08. The maximum absolute atomic E-state index is 12.7. The molecule has 0 spiro atoms. The summed E-state index contributed by atoms with van der Waals surface area (Å²) >= 11 is 6.52. The molecule has 0 unspecified atom stereocenters. The molecule has 1 fully saturated rings. The predicted octanol–water partition coefficient (Wildman–Crippen LogP) is 3.39. The molecule has 2 amide bonds. The van der Waals surface area contributed by atoms with E-state index in [0.717, 1.165) is 5.56 Å². The number of carbonyl (C=O) groups excluding carboxylic acids is 3. The Labute approximate surface area is 182 Å². The number of nitrogens with one attached hydrogen (secondary N) is 1. The highest BCUT2D eigenvalue weighted by atomic mass is 32.2. The van der Waals surface area contributed by atoms with Gasteiger partial charge < -0.3 is 14.6 Å². The highest BCUT2D eigenvalue weighted by molar-refractivity contribution is 8.26. The van der Waals surface area contributed by atoms with Gasteiger partial charge in [-0.3, -0.25) is 14.5 Å². The van der Waals surface area contributed by atoms with Gasteiger partial charge in [-0.05, 0) is 37.1 Å². The summed E-state index contributed by atoms with van der Waals surface area (Å²) in [6.07, 6.45) is 2.40. The van der Waals surface area contributed by atoms with Crippen LogP contribution >= 0.6 is 24.0 Å². The third kappa shape index (κ3) is 5.33. The first kappa shape index (κ1) is 21.7. The first-order valence-electron chi connectivity index (χ1n) is 9.04. The molecule has 0 atom stereocenters. The number of methoxy groups -OCH3 is 1. The highest BCUT2D eigenvalue weighted by Crippen LogP contribution is 2.32. The average molecular weight is 446 g/mol. The Hall–Kier alpha value is -2.98. The molecule has 1 aliphatic rings. The number of aryl methyl sites for hydroxylation is 1. The van der Waals surface area contributed by atoms with Crippen LogP contribution < -0.4 is 5.32 Å². The standard InChI is InChI=1S/C20H19N3O5S2/c1-12-10-16(22-28-12)21-17(24)4-3-9-23-18(25)15(30-20(23)29)11-13-5-7-14(8-6-13)19(26)27-2/h5-8,10-11H,3-4,9H2,1-2H3,(H,21,22,24)/b15-11-. The molecular weight excluding hydrogens is 426 g/mol. The molecule has 2 heterocycles. The Morgan fingerprint density at radius 3 is 2.70 bits per heavy atom. The van der Waals surface area contributed by atoms with Crippen LogP contribution in [0.25, 0.3) is 6.08 Å². The smallest absolute Gasteiger partial charge is 0.337 e. The normalized spacial score (nSPS) is 15.0. The fourth-order valence-electron chi connectivity index (χ4n) is 2.71. The summed E-state index contributed by atoms with van der Waals surface area (Å²) in [5.74, 6) is 0.138. The van der Waals surface area contributed by atoms with Gasteiger partial charge in [0.05, 0.1) is 17.6 Å². The quantitative estimate of drug-likeness (QED) is 0.393. The van der Waals surface area contributed by atoms with Gasteiger partial charge in [0, 0.05) is 19.0 Å². The molecule has 0 radical (unpaired) electrons. The number of esters is 1. The third-order valence-corrected chi connectivity index (χ3v) is 5.56. The fourth-order valence-corrected chi connectivity index (χ4v) is 4.01. The Bertz CT molecular complexity index is 1010. The van der Waals surface area contributed by atoms with Gasteiger partial charge >= 0.3 is 5.97 Å². The summed E-state index contributed by atoms with van der Waals surface area (Å²) in [6, 6.07) is 8.35. The number of ether oxygens (including phenoxy) is 1. The van der Waals surface area contributed by atoms with Crippen molar-refractivity contribution in [3.63, 3.8) is 0 Å². The van der Waals surface area contributed by atoms with Crippen LogP contribution in [0.3, 0.4) is 0 Å². The summed E-state index contributed by atoms with van der Waals surface area (Å²) in [4.78, 5) is 38.1. The van der Waals surface area contributed by atoms with E-state index in [-0.39, 0.29) is 18.2 Å². The number of anilines is 1. The van der Waals surface area contributed by atoms with Crippen LogP contribution in [0.1, 0.15) is 34.5 Å². The van der Waals surface area contributed by atoms with Crippen LogP contribution in [0, 0.1) is 6.92 Å². The maximum Gasteiger partial charge on any atom is 0.337 e. The molecule has 0 saturated carbocycles. The molecule has 2 aromatic rings. The van der Waals surface area contributed by atoms with Crippen molar-refractivity contribution in [2.75, 3.05) is 19.0 Å². The largest absolute Gasteiger partial charge is 0.465 e. The average Bonchev–Trinajstić information content (AvgIpc) is 3.25. The molecule has 1 aromatic carbocycles. The summed E-state index contributed by atoms with van der Waals surface area (Å²) in [7, 11) is 1.32. The van der Waals surface area contributed by atoms with E-state index in [1.54, 1.807) is 43.3 Å². The van der Waals surface area contributed by atoms with Crippen LogP contribution in [0.4, 0.5) is 5.82 Å². The number of thioether (sulfide) groups is 1. The van der Waals surface area contributed by atoms with Crippen molar-refractivity contribution in [1.29, 1.82) is 0 Å². The monoisotopic (exact) mass is 445 g/mol. The second kappa shape index (κ2) is 9.68. The number of benzene rings is 1. The zero-order valence-corrected chi connectivity index (χ0v) is 18.0. The van der Waals surface area contributed by atoms with Crippen molar-refractivity contribution in [1.82, 2.24) is 10.1 Å². The molecule has 1 aliphatic heterocycles. The van der Waals surface area contributed by atoms with Crippen molar-refractivity contribution in [3.8, 4) is 0 Å². The zero-order chi connectivity index (χ0) is 21.7. The highest BCUT2D eigenvalue weighted by Gasteiger charge is 2.31. The van der Waals surface area contributed by atoms with Gasteiger partial charge in [-0.15, -0.1) is 0 Å². The third-order valence-electron chi connectivity index (χ3n) is 4.18. The maximum atomic E-state index is 12.7. The lowest BCUT2D eigenvalue weighted by Gasteiger charge is -2.13. The molecular formula is C20H19N3O5S2. The molecule has 0 bridgehead atoms. The molecule has 1 N–H and O–H groups in total. The van der Waals surface area contributed by atoms with Gasteiger partial charge in [0.15, 0.2) is 5.82 Å². The van der Waals surface area contributed by atoms with Gasteiger partial charge in [0.25, 0.3) is 5.91 Å². The first-order chi connectivity index (χ1) is 14.4. The Kier molecular flexibility index (Phi) is 7.01. The van der Waals surface area contributed by atoms with Gasteiger partial charge in [-0.1, -0.05) is 41.3 Å². The van der Waals surface area contributed by atoms with E-state index in [1.807, 2.05) is 0 Å². The van der Waals surface area contributed by atoms with E-state index < -0.39 is 5.97 Å². The van der Waals surface area contributed by atoms with Crippen molar-refractivity contribution in [2.24, 2.45) is 0 Å². The second-order valence-electron chi connectivity index (χ2n) is 6.42. The molecule has 1 saturated heterocycles. The van der Waals surface area contributed by atoms with Crippen molar-refractivity contribution in [2.45, 2.75) is 19.8 Å². The summed E-state index contributed by atoms with van der Waals surface area (Å²) in [5, 5.41) is 6.35. The van der Waals surface area contributed by atoms with Gasteiger partial charge in [-0.2, -0.15) is 0 Å². The van der Waals surface area contributed by atoms with Crippen molar-refractivity contribution < 1.29 is 23.6 Å². The number of carbonyl (C=O) groups is 3. The Morgan fingerprint density at radius 1 is 1.33 bits per heavy atom. The van der Waals surface area contributed by atoms with E-state index >= 15 is 0 Å². The number of rotatable bonds is 7. The van der Waals surface area contributed by atoms with Crippen LogP contribution in [0.15, 0.2) is 39.8 Å². The summed E-state index contributed by atoms with van der Waals surface area (Å²) < 4.78 is 10.0. The number of hydrogen-bond acceptors (Lipinski definition) is 8.